The Morgan fingerprint density at radius 3 is 2.56 bits per heavy atom. The van der Waals surface area contributed by atoms with Crippen LogP contribution in [0.4, 0.5) is 4.39 Å². The number of amides is 1. The van der Waals surface area contributed by atoms with E-state index in [1.54, 1.807) is 0 Å². The van der Waals surface area contributed by atoms with Gasteiger partial charge in [0.15, 0.2) is 5.78 Å². The second kappa shape index (κ2) is 6.23. The number of halogens is 1. The molecule has 0 aromatic carbocycles. The highest BCUT2D eigenvalue weighted by atomic mass is 19.1. The largest absolute Gasteiger partial charge is 0.472 e. The Labute approximate surface area is 104 Å². The molecule has 9 heteroatoms. The molecule has 1 aliphatic heterocycles. The van der Waals surface area contributed by atoms with Crippen LogP contribution in [0.15, 0.2) is 0 Å². The molecule has 0 spiro atoms. The monoisotopic (exact) mass is 261 g/mol. The van der Waals surface area contributed by atoms with Crippen LogP contribution in [0.25, 0.3) is 0 Å². The molecule has 1 heterocycles. The molecule has 1 amide bonds. The van der Waals surface area contributed by atoms with Crippen molar-refractivity contribution in [2.45, 2.75) is 31.0 Å². The van der Waals surface area contributed by atoms with Gasteiger partial charge in [-0.05, 0) is 6.42 Å². The minimum Gasteiger partial charge on any atom is -0.426 e. The molecule has 1 rings (SSSR count). The standard InChI is InChI=1S/C9H17BFN3O4/c11-7-4(3-14-9(7)10(17)18)8(16)5(12)1-2-6(13)15/h4-5,7,9,14,17-18H,1-3,12H2,(H2,13,15)/t4-,5?,7+,9+/m0/s1. The maximum Gasteiger partial charge on any atom is 0.472 e. The fourth-order valence-corrected chi connectivity index (χ4v) is 1.98. The summed E-state index contributed by atoms with van der Waals surface area (Å²) in [6.07, 6.45) is -1.70. The minimum atomic E-state index is -1.88. The van der Waals surface area contributed by atoms with E-state index in [2.05, 4.69) is 5.32 Å². The molecule has 0 saturated carbocycles. The van der Waals surface area contributed by atoms with E-state index in [1.165, 1.54) is 0 Å². The minimum absolute atomic E-state index is 0.00738. The van der Waals surface area contributed by atoms with Crippen molar-refractivity contribution < 1.29 is 24.0 Å². The third-order valence-corrected chi connectivity index (χ3v) is 3.05. The number of ketones is 1. The Bertz CT molecular complexity index is 331. The SMILES string of the molecule is NC(=O)CCC(N)C(=O)[C@H]1CN[C@@H](B(O)O)[C@@H]1F. The third kappa shape index (κ3) is 3.48. The lowest BCUT2D eigenvalue weighted by atomic mass is 9.75. The van der Waals surface area contributed by atoms with E-state index in [4.69, 9.17) is 21.5 Å². The lowest BCUT2D eigenvalue weighted by Crippen LogP contribution is -2.46. The van der Waals surface area contributed by atoms with Crippen molar-refractivity contribution in [1.29, 1.82) is 0 Å². The lowest BCUT2D eigenvalue weighted by Gasteiger charge is -2.18. The third-order valence-electron chi connectivity index (χ3n) is 3.05. The summed E-state index contributed by atoms with van der Waals surface area (Å²) < 4.78 is 13.8. The average molecular weight is 261 g/mol. The van der Waals surface area contributed by atoms with Gasteiger partial charge < -0.3 is 26.8 Å². The number of hydrogen-bond acceptors (Lipinski definition) is 6. The fourth-order valence-electron chi connectivity index (χ4n) is 1.98. The summed E-state index contributed by atoms with van der Waals surface area (Å²) in [4.78, 5) is 22.4. The summed E-state index contributed by atoms with van der Waals surface area (Å²) in [7, 11) is -1.88. The molecule has 102 valence electrons. The maximum atomic E-state index is 13.8. The van der Waals surface area contributed by atoms with Gasteiger partial charge in [0.2, 0.25) is 5.91 Å². The molecule has 7 nitrogen and oxygen atoms in total. The average Bonchev–Trinajstić information content (AvgIpc) is 2.66. The van der Waals surface area contributed by atoms with Crippen molar-refractivity contribution in [3.8, 4) is 0 Å². The Balaban J connectivity index is 2.54. The number of rotatable bonds is 6. The first kappa shape index (κ1) is 15.0. The van der Waals surface area contributed by atoms with Gasteiger partial charge in [0.1, 0.15) is 6.17 Å². The van der Waals surface area contributed by atoms with Crippen LogP contribution in [0.3, 0.4) is 0 Å². The van der Waals surface area contributed by atoms with Gasteiger partial charge in [-0.15, -0.1) is 0 Å². The molecule has 0 aromatic heterocycles. The zero-order valence-corrected chi connectivity index (χ0v) is 9.75. The van der Waals surface area contributed by atoms with Crippen LogP contribution >= 0.6 is 0 Å². The second-order valence-corrected chi connectivity index (χ2v) is 4.41. The molecular weight excluding hydrogens is 244 g/mol. The first-order chi connectivity index (χ1) is 8.34. The molecular formula is C9H17BFN3O4. The summed E-state index contributed by atoms with van der Waals surface area (Å²) >= 11 is 0. The van der Waals surface area contributed by atoms with Crippen LogP contribution in [0.1, 0.15) is 12.8 Å². The number of nitrogens with two attached hydrogens (primary N) is 2. The van der Waals surface area contributed by atoms with Crippen molar-refractivity contribution in [3.63, 3.8) is 0 Å². The van der Waals surface area contributed by atoms with Crippen molar-refractivity contribution >= 4 is 18.8 Å². The predicted molar refractivity (Wildman–Crippen MR) is 61.8 cm³/mol. The van der Waals surface area contributed by atoms with Crippen LogP contribution in [0, 0.1) is 5.92 Å². The quantitative estimate of drug-likeness (QED) is 0.325. The molecule has 1 unspecified atom stereocenters. The molecule has 4 atom stereocenters. The second-order valence-electron chi connectivity index (χ2n) is 4.41. The molecule has 0 aromatic rings. The number of carbonyl (C=O) groups is 2. The van der Waals surface area contributed by atoms with Gasteiger partial charge in [0.05, 0.1) is 17.9 Å². The summed E-state index contributed by atoms with van der Waals surface area (Å²) in [5.74, 6) is -3.34. The van der Waals surface area contributed by atoms with Gasteiger partial charge in [-0.1, -0.05) is 0 Å². The molecule has 0 radical (unpaired) electrons. The number of nitrogens with one attached hydrogen (secondary N) is 1. The van der Waals surface area contributed by atoms with E-state index in [0.717, 1.165) is 0 Å². The van der Waals surface area contributed by atoms with Crippen molar-refractivity contribution in [2.24, 2.45) is 17.4 Å². The molecule has 7 N–H and O–H groups in total. The zero-order valence-electron chi connectivity index (χ0n) is 9.75. The van der Waals surface area contributed by atoms with E-state index < -0.39 is 42.9 Å². The first-order valence-electron chi connectivity index (χ1n) is 5.65. The van der Waals surface area contributed by atoms with E-state index in [1.807, 2.05) is 0 Å². The molecule has 0 bridgehead atoms. The van der Waals surface area contributed by atoms with Gasteiger partial charge in [-0.3, -0.25) is 9.59 Å². The van der Waals surface area contributed by atoms with E-state index in [0.29, 0.717) is 0 Å². The number of primary amides is 1. The summed E-state index contributed by atoms with van der Waals surface area (Å²) in [5, 5.41) is 20.3. The highest BCUT2D eigenvalue weighted by Gasteiger charge is 2.46. The number of alkyl halides is 1. The fraction of sp³-hybridized carbons (Fsp3) is 0.778. The van der Waals surface area contributed by atoms with Crippen LogP contribution < -0.4 is 16.8 Å². The predicted octanol–water partition coefficient (Wildman–Crippen LogP) is -2.91. The smallest absolute Gasteiger partial charge is 0.426 e. The Kier molecular flexibility index (Phi) is 5.21. The van der Waals surface area contributed by atoms with Crippen LogP contribution in [-0.4, -0.2) is 53.6 Å². The van der Waals surface area contributed by atoms with Crippen molar-refractivity contribution in [2.75, 3.05) is 6.54 Å². The van der Waals surface area contributed by atoms with Crippen molar-refractivity contribution in [1.82, 2.24) is 5.32 Å². The summed E-state index contributed by atoms with van der Waals surface area (Å²) in [6.45, 7) is -0.00738. The molecule has 1 fully saturated rings. The van der Waals surface area contributed by atoms with Crippen LogP contribution in [0.5, 0.6) is 0 Å². The Morgan fingerprint density at radius 2 is 2.11 bits per heavy atom. The Morgan fingerprint density at radius 1 is 1.50 bits per heavy atom. The van der Waals surface area contributed by atoms with E-state index in [-0.39, 0.29) is 19.4 Å². The normalized spacial score (nSPS) is 29.0. The van der Waals surface area contributed by atoms with Gasteiger partial charge >= 0.3 is 7.12 Å². The number of carbonyl (C=O) groups excluding carboxylic acids is 2. The van der Waals surface area contributed by atoms with E-state index in [9.17, 15) is 14.0 Å². The molecule has 1 saturated heterocycles. The summed E-state index contributed by atoms with van der Waals surface area (Å²) in [5.41, 5.74) is 10.5. The summed E-state index contributed by atoms with van der Waals surface area (Å²) in [6, 6.07) is -0.975. The Hall–Kier alpha value is -1.03. The lowest BCUT2D eigenvalue weighted by molar-refractivity contribution is -0.125. The maximum absolute atomic E-state index is 13.8. The van der Waals surface area contributed by atoms with E-state index >= 15 is 0 Å². The number of hydrogen-bond donors (Lipinski definition) is 5. The van der Waals surface area contributed by atoms with Crippen LogP contribution in [-0.2, 0) is 9.59 Å². The zero-order chi connectivity index (χ0) is 13.9. The molecule has 18 heavy (non-hydrogen) atoms. The molecule has 0 aliphatic carbocycles. The van der Waals surface area contributed by atoms with Gasteiger partial charge in [0.25, 0.3) is 0 Å². The number of Topliss-reactive ketones (excluding diaryl/α,β-unsaturated/α-hetero) is 1. The van der Waals surface area contributed by atoms with Gasteiger partial charge in [0, 0.05) is 13.0 Å². The van der Waals surface area contributed by atoms with Gasteiger partial charge in [-0.2, -0.15) is 0 Å². The van der Waals surface area contributed by atoms with Crippen LogP contribution in [0.2, 0.25) is 0 Å². The molecule has 1 aliphatic rings. The van der Waals surface area contributed by atoms with Gasteiger partial charge in [-0.25, -0.2) is 4.39 Å². The highest BCUT2D eigenvalue weighted by molar-refractivity contribution is 6.43. The van der Waals surface area contributed by atoms with Crippen molar-refractivity contribution in [3.05, 3.63) is 0 Å². The topological polar surface area (TPSA) is 139 Å². The highest BCUT2D eigenvalue weighted by Crippen LogP contribution is 2.22. The first-order valence-corrected chi connectivity index (χ1v) is 5.65.